The first-order chi connectivity index (χ1) is 5.18. The van der Waals surface area contributed by atoms with E-state index in [-0.39, 0.29) is 5.75 Å². The van der Waals surface area contributed by atoms with Crippen LogP contribution in [0.15, 0.2) is 0 Å². The molecule has 1 saturated carbocycles. The molecule has 1 N–H and O–H groups in total. The molecular formula is C7H12O3S. The zero-order valence-corrected chi connectivity index (χ0v) is 7.10. The molecule has 1 fully saturated rings. The Morgan fingerprint density at radius 2 is 2.18 bits per heavy atom. The van der Waals surface area contributed by atoms with Crippen molar-refractivity contribution >= 4 is 16.8 Å². The summed E-state index contributed by atoms with van der Waals surface area (Å²) in [4.78, 5) is 10.1. The van der Waals surface area contributed by atoms with Gasteiger partial charge >= 0.3 is 5.97 Å². The van der Waals surface area contributed by atoms with E-state index in [0.29, 0.717) is 11.7 Å². The number of aliphatic carboxylic acids is 1. The van der Waals surface area contributed by atoms with E-state index >= 15 is 0 Å². The molecule has 1 unspecified atom stereocenters. The SMILES string of the molecule is O=C(O)CS(=O)CC1CCC1. The monoisotopic (exact) mass is 176 g/mol. The fourth-order valence-corrected chi connectivity index (χ4v) is 2.37. The summed E-state index contributed by atoms with van der Waals surface area (Å²) in [6.07, 6.45) is 3.48. The fraction of sp³-hybridized carbons (Fsp3) is 0.857. The molecule has 1 atom stereocenters. The average molecular weight is 176 g/mol. The van der Waals surface area contributed by atoms with Crippen LogP contribution in [0, 0.1) is 5.92 Å². The van der Waals surface area contributed by atoms with E-state index in [1.54, 1.807) is 0 Å². The summed E-state index contributed by atoms with van der Waals surface area (Å²) < 4.78 is 11.0. The van der Waals surface area contributed by atoms with Crippen molar-refractivity contribution in [1.29, 1.82) is 0 Å². The van der Waals surface area contributed by atoms with Crippen LogP contribution in [0.5, 0.6) is 0 Å². The fourth-order valence-electron chi connectivity index (χ4n) is 1.12. The van der Waals surface area contributed by atoms with Crippen LogP contribution in [0.25, 0.3) is 0 Å². The predicted octanol–water partition coefficient (Wildman–Crippen LogP) is 0.620. The van der Waals surface area contributed by atoms with Gasteiger partial charge in [0.2, 0.25) is 0 Å². The normalized spacial score (nSPS) is 20.7. The van der Waals surface area contributed by atoms with Gasteiger partial charge in [-0.2, -0.15) is 0 Å². The van der Waals surface area contributed by atoms with Crippen LogP contribution in [0.2, 0.25) is 0 Å². The van der Waals surface area contributed by atoms with Crippen LogP contribution in [0.1, 0.15) is 19.3 Å². The highest BCUT2D eigenvalue weighted by molar-refractivity contribution is 7.85. The smallest absolute Gasteiger partial charge is 0.316 e. The van der Waals surface area contributed by atoms with Gasteiger partial charge in [-0.05, 0) is 18.8 Å². The molecule has 3 nitrogen and oxygen atoms in total. The molecule has 0 amide bonds. The third kappa shape index (κ3) is 3.01. The zero-order chi connectivity index (χ0) is 8.27. The number of carboxylic acids is 1. The van der Waals surface area contributed by atoms with Crippen molar-refractivity contribution in [3.05, 3.63) is 0 Å². The third-order valence-corrected chi connectivity index (χ3v) is 3.34. The number of hydrogen-bond donors (Lipinski definition) is 1. The van der Waals surface area contributed by atoms with E-state index < -0.39 is 16.8 Å². The molecule has 1 aliphatic rings. The second-order valence-corrected chi connectivity index (χ2v) is 4.44. The van der Waals surface area contributed by atoms with Crippen LogP contribution in [-0.4, -0.2) is 26.8 Å². The molecule has 0 aromatic carbocycles. The largest absolute Gasteiger partial charge is 0.481 e. The highest BCUT2D eigenvalue weighted by Crippen LogP contribution is 2.26. The standard InChI is InChI=1S/C7H12O3S/c8-7(9)5-11(10)4-6-2-1-3-6/h6H,1-5H2,(H,8,9). The van der Waals surface area contributed by atoms with Crippen molar-refractivity contribution < 1.29 is 14.1 Å². The molecule has 0 aliphatic heterocycles. The quantitative estimate of drug-likeness (QED) is 0.683. The maximum Gasteiger partial charge on any atom is 0.316 e. The van der Waals surface area contributed by atoms with Crippen molar-refractivity contribution in [3.63, 3.8) is 0 Å². The number of carboxylic acid groups (broad SMARTS) is 1. The first-order valence-corrected chi connectivity index (χ1v) is 5.24. The van der Waals surface area contributed by atoms with Gasteiger partial charge in [0.15, 0.2) is 0 Å². The van der Waals surface area contributed by atoms with E-state index in [0.717, 1.165) is 12.8 Å². The Hall–Kier alpha value is -0.380. The molecule has 1 aliphatic carbocycles. The summed E-state index contributed by atoms with van der Waals surface area (Å²) in [5.74, 6) is -0.0131. The van der Waals surface area contributed by atoms with Crippen LogP contribution >= 0.6 is 0 Å². The molecule has 0 aromatic heterocycles. The predicted molar refractivity (Wildman–Crippen MR) is 42.9 cm³/mol. The molecule has 0 heterocycles. The van der Waals surface area contributed by atoms with Crippen molar-refractivity contribution in [2.45, 2.75) is 19.3 Å². The Labute approximate surface area is 68.3 Å². The van der Waals surface area contributed by atoms with Gasteiger partial charge in [0.25, 0.3) is 0 Å². The lowest BCUT2D eigenvalue weighted by Crippen LogP contribution is -2.22. The second-order valence-electron chi connectivity index (χ2n) is 2.94. The summed E-state index contributed by atoms with van der Waals surface area (Å²) in [7, 11) is -1.13. The van der Waals surface area contributed by atoms with Gasteiger partial charge in [0.1, 0.15) is 5.75 Å². The minimum atomic E-state index is -1.13. The molecule has 0 aromatic rings. The Morgan fingerprint density at radius 3 is 2.55 bits per heavy atom. The zero-order valence-electron chi connectivity index (χ0n) is 6.28. The maximum atomic E-state index is 11.0. The number of hydrogen-bond acceptors (Lipinski definition) is 2. The molecule has 4 heteroatoms. The average Bonchev–Trinajstić information content (AvgIpc) is 1.77. The minimum Gasteiger partial charge on any atom is -0.481 e. The van der Waals surface area contributed by atoms with Gasteiger partial charge in [0, 0.05) is 16.6 Å². The van der Waals surface area contributed by atoms with Crippen molar-refractivity contribution in [2.24, 2.45) is 5.92 Å². The number of rotatable bonds is 4. The number of carbonyl (C=O) groups is 1. The maximum absolute atomic E-state index is 11.0. The summed E-state index contributed by atoms with van der Waals surface area (Å²) in [5.41, 5.74) is 0. The lowest BCUT2D eigenvalue weighted by Gasteiger charge is -2.24. The molecule has 64 valence electrons. The molecule has 11 heavy (non-hydrogen) atoms. The second kappa shape index (κ2) is 3.85. The molecule has 0 saturated heterocycles. The van der Waals surface area contributed by atoms with E-state index in [1.807, 2.05) is 0 Å². The first-order valence-electron chi connectivity index (χ1n) is 3.75. The Balaban J connectivity index is 2.14. The Morgan fingerprint density at radius 1 is 1.55 bits per heavy atom. The highest BCUT2D eigenvalue weighted by atomic mass is 32.2. The van der Waals surface area contributed by atoms with E-state index in [1.165, 1.54) is 6.42 Å². The van der Waals surface area contributed by atoms with Crippen molar-refractivity contribution in [1.82, 2.24) is 0 Å². The van der Waals surface area contributed by atoms with Crippen molar-refractivity contribution in [2.75, 3.05) is 11.5 Å². The summed E-state index contributed by atoms with van der Waals surface area (Å²) >= 11 is 0. The topological polar surface area (TPSA) is 54.4 Å². The van der Waals surface area contributed by atoms with E-state index in [9.17, 15) is 9.00 Å². The molecular weight excluding hydrogens is 164 g/mol. The lowest BCUT2D eigenvalue weighted by atomic mass is 9.87. The highest BCUT2D eigenvalue weighted by Gasteiger charge is 2.20. The van der Waals surface area contributed by atoms with Gasteiger partial charge in [-0.3, -0.25) is 9.00 Å². The van der Waals surface area contributed by atoms with Crippen LogP contribution in [0.4, 0.5) is 0 Å². The Kier molecular flexibility index (Phi) is 3.05. The van der Waals surface area contributed by atoms with Crippen LogP contribution in [-0.2, 0) is 15.6 Å². The minimum absolute atomic E-state index is 0.184. The molecule has 1 rings (SSSR count). The molecule has 0 spiro atoms. The van der Waals surface area contributed by atoms with E-state index in [2.05, 4.69) is 0 Å². The summed E-state index contributed by atoms with van der Waals surface area (Å²) in [6, 6.07) is 0. The summed E-state index contributed by atoms with van der Waals surface area (Å²) in [5, 5.41) is 8.29. The van der Waals surface area contributed by atoms with Crippen molar-refractivity contribution in [3.8, 4) is 0 Å². The van der Waals surface area contributed by atoms with E-state index in [4.69, 9.17) is 5.11 Å². The van der Waals surface area contributed by atoms with Gasteiger partial charge < -0.3 is 5.11 Å². The van der Waals surface area contributed by atoms with Gasteiger partial charge in [-0.15, -0.1) is 0 Å². The molecule has 0 bridgehead atoms. The van der Waals surface area contributed by atoms with Crippen LogP contribution in [0.3, 0.4) is 0 Å². The first kappa shape index (κ1) is 8.71. The summed E-state index contributed by atoms with van der Waals surface area (Å²) in [6.45, 7) is 0. The van der Waals surface area contributed by atoms with Crippen LogP contribution < -0.4 is 0 Å². The third-order valence-electron chi connectivity index (χ3n) is 1.93. The van der Waals surface area contributed by atoms with Gasteiger partial charge in [-0.25, -0.2) is 0 Å². The Bertz CT molecular complexity index is 175. The molecule has 0 radical (unpaired) electrons. The lowest BCUT2D eigenvalue weighted by molar-refractivity contribution is -0.133. The van der Waals surface area contributed by atoms with Gasteiger partial charge in [0.05, 0.1) is 0 Å². The van der Waals surface area contributed by atoms with Gasteiger partial charge in [-0.1, -0.05) is 6.42 Å².